The zero-order chi connectivity index (χ0) is 9.68. The number of amides is 2. The lowest BCUT2D eigenvalue weighted by atomic mass is 10.0. The highest BCUT2D eigenvalue weighted by atomic mass is 19.1. The van der Waals surface area contributed by atoms with E-state index in [4.69, 9.17) is 0 Å². The summed E-state index contributed by atoms with van der Waals surface area (Å²) in [4.78, 5) is 20.8. The number of hydrogen-bond donors (Lipinski definition) is 1. The fraction of sp³-hybridized carbons (Fsp3) is 0.333. The van der Waals surface area contributed by atoms with Gasteiger partial charge in [-0.25, -0.2) is 4.39 Å². The van der Waals surface area contributed by atoms with Gasteiger partial charge in [0.25, 0.3) is 0 Å². The van der Waals surface area contributed by atoms with E-state index in [1.165, 1.54) is 6.08 Å². The molecule has 13 heavy (non-hydrogen) atoms. The maximum absolute atomic E-state index is 12.5. The summed E-state index contributed by atoms with van der Waals surface area (Å²) in [6.07, 6.45) is 4.36. The number of hydrogen-bond acceptors (Lipinski definition) is 2. The van der Waals surface area contributed by atoms with Crippen LogP contribution in [-0.4, -0.2) is 12.3 Å². The molecule has 0 saturated heterocycles. The number of rotatable bonds is 3. The van der Waals surface area contributed by atoms with Crippen molar-refractivity contribution in [3.05, 3.63) is 23.6 Å². The fourth-order valence-corrected chi connectivity index (χ4v) is 1.13. The standard InChI is InChI=1S/C9H10FNO2/c10-8-3-1-7(2-4-8)5-9(13)11-6-12/h1,3,6H,2,4-5H2,(H,11,12,13). The first-order chi connectivity index (χ1) is 6.22. The zero-order valence-electron chi connectivity index (χ0n) is 7.05. The van der Waals surface area contributed by atoms with Gasteiger partial charge in [0.1, 0.15) is 5.83 Å². The van der Waals surface area contributed by atoms with Crippen molar-refractivity contribution in [2.45, 2.75) is 19.3 Å². The summed E-state index contributed by atoms with van der Waals surface area (Å²) in [6, 6.07) is 0. The van der Waals surface area contributed by atoms with E-state index in [2.05, 4.69) is 0 Å². The molecule has 0 heterocycles. The van der Waals surface area contributed by atoms with Gasteiger partial charge in [0.2, 0.25) is 12.3 Å². The highest BCUT2D eigenvalue weighted by Crippen LogP contribution is 2.20. The van der Waals surface area contributed by atoms with Gasteiger partial charge >= 0.3 is 0 Å². The first kappa shape index (κ1) is 9.64. The molecular weight excluding hydrogens is 173 g/mol. The van der Waals surface area contributed by atoms with Crippen LogP contribution >= 0.6 is 0 Å². The van der Waals surface area contributed by atoms with Crippen molar-refractivity contribution < 1.29 is 14.0 Å². The highest BCUT2D eigenvalue weighted by molar-refractivity contribution is 5.87. The number of imide groups is 1. The number of nitrogens with one attached hydrogen (secondary N) is 1. The van der Waals surface area contributed by atoms with E-state index in [1.54, 1.807) is 6.08 Å². The number of allylic oxidation sites excluding steroid dienone is 3. The van der Waals surface area contributed by atoms with Crippen molar-refractivity contribution in [2.24, 2.45) is 0 Å². The van der Waals surface area contributed by atoms with E-state index in [9.17, 15) is 14.0 Å². The molecule has 2 amide bonds. The molecule has 1 aliphatic rings. The Hall–Kier alpha value is -1.45. The average Bonchev–Trinajstić information content (AvgIpc) is 2.09. The van der Waals surface area contributed by atoms with Gasteiger partial charge in [0, 0.05) is 12.8 Å². The Morgan fingerprint density at radius 3 is 2.85 bits per heavy atom. The van der Waals surface area contributed by atoms with E-state index in [0.717, 1.165) is 5.57 Å². The lowest BCUT2D eigenvalue weighted by Gasteiger charge is -2.08. The molecule has 0 unspecified atom stereocenters. The van der Waals surface area contributed by atoms with Crippen LogP contribution in [0.4, 0.5) is 4.39 Å². The molecule has 0 spiro atoms. The summed E-state index contributed by atoms with van der Waals surface area (Å²) in [7, 11) is 0. The SMILES string of the molecule is O=CNC(=O)CC1=CC=C(F)CC1. The normalized spacial score (nSPS) is 15.8. The van der Waals surface area contributed by atoms with E-state index in [0.29, 0.717) is 19.3 Å². The van der Waals surface area contributed by atoms with Crippen LogP contribution in [0.2, 0.25) is 0 Å². The minimum atomic E-state index is -0.350. The molecule has 0 atom stereocenters. The smallest absolute Gasteiger partial charge is 0.230 e. The monoisotopic (exact) mass is 183 g/mol. The Morgan fingerprint density at radius 2 is 2.31 bits per heavy atom. The fourth-order valence-electron chi connectivity index (χ4n) is 1.13. The number of halogens is 1. The molecule has 0 aliphatic heterocycles. The van der Waals surface area contributed by atoms with Gasteiger partial charge < -0.3 is 0 Å². The molecule has 0 fully saturated rings. The van der Waals surface area contributed by atoms with Gasteiger partial charge in [-0.05, 0) is 12.5 Å². The van der Waals surface area contributed by atoms with Gasteiger partial charge in [0.05, 0.1) is 0 Å². The lowest BCUT2D eigenvalue weighted by Crippen LogP contribution is -2.21. The number of carbonyl (C=O) groups is 2. The summed E-state index contributed by atoms with van der Waals surface area (Å²) in [5.74, 6) is -0.517. The van der Waals surface area contributed by atoms with Crippen LogP contribution < -0.4 is 5.32 Å². The molecule has 1 N–H and O–H groups in total. The molecule has 0 radical (unpaired) electrons. The molecule has 0 aromatic rings. The maximum atomic E-state index is 12.5. The van der Waals surface area contributed by atoms with Gasteiger partial charge in [-0.2, -0.15) is 0 Å². The van der Waals surface area contributed by atoms with Crippen molar-refractivity contribution in [2.75, 3.05) is 0 Å². The predicted molar refractivity (Wildman–Crippen MR) is 45.3 cm³/mol. The molecule has 3 nitrogen and oxygen atoms in total. The Morgan fingerprint density at radius 1 is 1.54 bits per heavy atom. The predicted octanol–water partition coefficient (Wildman–Crippen LogP) is 1.22. The van der Waals surface area contributed by atoms with E-state index >= 15 is 0 Å². The molecular formula is C9H10FNO2. The van der Waals surface area contributed by atoms with Crippen LogP contribution in [0.1, 0.15) is 19.3 Å². The van der Waals surface area contributed by atoms with E-state index in [-0.39, 0.29) is 18.2 Å². The molecule has 4 heteroatoms. The topological polar surface area (TPSA) is 46.2 Å². The average molecular weight is 183 g/mol. The van der Waals surface area contributed by atoms with Crippen molar-refractivity contribution in [3.8, 4) is 0 Å². The van der Waals surface area contributed by atoms with Gasteiger partial charge in [-0.1, -0.05) is 11.6 Å². The van der Waals surface area contributed by atoms with Crippen LogP contribution in [0.5, 0.6) is 0 Å². The quantitative estimate of drug-likeness (QED) is 0.669. The lowest BCUT2D eigenvalue weighted by molar-refractivity contribution is -0.124. The summed E-state index contributed by atoms with van der Waals surface area (Å²) in [5, 5.41) is 2.03. The summed E-state index contributed by atoms with van der Waals surface area (Å²) in [6.45, 7) is 0. The third-order valence-corrected chi connectivity index (χ3v) is 1.79. The summed E-state index contributed by atoms with van der Waals surface area (Å²) in [5.41, 5.74) is 0.848. The van der Waals surface area contributed by atoms with Crippen molar-refractivity contribution in [3.63, 3.8) is 0 Å². The second kappa shape index (κ2) is 4.54. The summed E-state index contributed by atoms with van der Waals surface area (Å²) < 4.78 is 12.5. The van der Waals surface area contributed by atoms with Crippen LogP contribution in [0.3, 0.4) is 0 Å². The molecule has 0 saturated carbocycles. The Kier molecular flexibility index (Phi) is 3.37. The minimum absolute atomic E-state index is 0.167. The number of carbonyl (C=O) groups excluding carboxylic acids is 2. The molecule has 0 aromatic carbocycles. The molecule has 70 valence electrons. The molecule has 1 aliphatic carbocycles. The first-order valence-corrected chi connectivity index (χ1v) is 3.99. The van der Waals surface area contributed by atoms with E-state index < -0.39 is 0 Å². The summed E-state index contributed by atoms with van der Waals surface area (Å²) >= 11 is 0. The van der Waals surface area contributed by atoms with Crippen molar-refractivity contribution in [1.29, 1.82) is 0 Å². The first-order valence-electron chi connectivity index (χ1n) is 3.99. The molecule has 0 aromatic heterocycles. The van der Waals surface area contributed by atoms with Crippen LogP contribution in [-0.2, 0) is 9.59 Å². The van der Waals surface area contributed by atoms with Crippen LogP contribution in [0.15, 0.2) is 23.6 Å². The largest absolute Gasteiger partial charge is 0.299 e. The molecule has 0 bridgehead atoms. The Bertz CT molecular complexity index is 281. The third-order valence-electron chi connectivity index (χ3n) is 1.79. The van der Waals surface area contributed by atoms with Gasteiger partial charge in [-0.15, -0.1) is 0 Å². The second-order valence-corrected chi connectivity index (χ2v) is 2.80. The van der Waals surface area contributed by atoms with Crippen LogP contribution in [0.25, 0.3) is 0 Å². The highest BCUT2D eigenvalue weighted by Gasteiger charge is 2.09. The van der Waals surface area contributed by atoms with Crippen molar-refractivity contribution in [1.82, 2.24) is 5.32 Å². The third kappa shape index (κ3) is 3.19. The van der Waals surface area contributed by atoms with Crippen molar-refractivity contribution >= 4 is 12.3 Å². The zero-order valence-corrected chi connectivity index (χ0v) is 7.05. The van der Waals surface area contributed by atoms with E-state index in [1.807, 2.05) is 5.32 Å². The minimum Gasteiger partial charge on any atom is -0.299 e. The van der Waals surface area contributed by atoms with Gasteiger partial charge in [-0.3, -0.25) is 14.9 Å². The Labute approximate surface area is 75.3 Å². The second-order valence-electron chi connectivity index (χ2n) is 2.80. The van der Waals surface area contributed by atoms with Crippen LogP contribution in [0, 0.1) is 0 Å². The maximum Gasteiger partial charge on any atom is 0.230 e. The molecule has 1 rings (SSSR count). The Balaban J connectivity index is 2.46. The van der Waals surface area contributed by atoms with Gasteiger partial charge in [0.15, 0.2) is 0 Å².